The van der Waals surface area contributed by atoms with Gasteiger partial charge in [-0.1, -0.05) is 0 Å². The summed E-state index contributed by atoms with van der Waals surface area (Å²) in [5.74, 6) is 1.08. The monoisotopic (exact) mass is 346 g/mol. The molecule has 0 radical (unpaired) electrons. The van der Waals surface area contributed by atoms with E-state index in [1.165, 1.54) is 23.9 Å². The summed E-state index contributed by atoms with van der Waals surface area (Å²) in [4.78, 5) is 26.2. The van der Waals surface area contributed by atoms with Crippen LogP contribution in [0.2, 0.25) is 0 Å². The predicted octanol–water partition coefficient (Wildman–Crippen LogP) is 4.19. The number of hydrogen-bond donors (Lipinski definition) is 0. The first-order chi connectivity index (χ1) is 11.1. The van der Waals surface area contributed by atoms with Gasteiger partial charge in [0.05, 0.1) is 4.92 Å². The Bertz CT molecular complexity index is 837. The van der Waals surface area contributed by atoms with Crippen molar-refractivity contribution in [1.82, 2.24) is 0 Å². The Labute approximate surface area is 139 Å². The quantitative estimate of drug-likeness (QED) is 0.470. The van der Waals surface area contributed by atoms with Gasteiger partial charge < -0.3 is 4.42 Å². The van der Waals surface area contributed by atoms with Crippen molar-refractivity contribution in [2.24, 2.45) is 4.99 Å². The second kappa shape index (κ2) is 6.43. The molecule has 0 amide bonds. The van der Waals surface area contributed by atoms with Crippen LogP contribution in [0, 0.1) is 10.1 Å². The van der Waals surface area contributed by atoms with Gasteiger partial charge in [-0.2, -0.15) is 0 Å². The molecule has 8 heteroatoms. The molecule has 0 bridgehead atoms. The van der Waals surface area contributed by atoms with E-state index in [1.807, 2.05) is 6.26 Å². The number of aliphatic imine (C=N–C) groups is 1. The van der Waals surface area contributed by atoms with Crippen LogP contribution in [0.25, 0.3) is 17.4 Å². The largest absolute Gasteiger partial charge is 0.457 e. The number of benzene rings is 1. The van der Waals surface area contributed by atoms with Gasteiger partial charge in [-0.25, -0.2) is 4.99 Å². The Morgan fingerprint density at radius 3 is 2.61 bits per heavy atom. The number of furan rings is 1. The second-order valence-electron chi connectivity index (χ2n) is 4.51. The minimum atomic E-state index is -0.452. The van der Waals surface area contributed by atoms with Crippen LogP contribution in [0.1, 0.15) is 5.76 Å². The first-order valence-electron chi connectivity index (χ1n) is 6.48. The van der Waals surface area contributed by atoms with Gasteiger partial charge in [0.1, 0.15) is 21.6 Å². The lowest BCUT2D eigenvalue weighted by Crippen LogP contribution is -1.87. The zero-order valence-electron chi connectivity index (χ0n) is 11.9. The van der Waals surface area contributed by atoms with Crippen molar-refractivity contribution in [3.8, 4) is 11.3 Å². The normalized spacial score (nSPS) is 16.0. The summed E-state index contributed by atoms with van der Waals surface area (Å²) in [6.45, 7) is 0. The van der Waals surface area contributed by atoms with Crippen molar-refractivity contribution < 1.29 is 14.1 Å². The van der Waals surface area contributed by atoms with E-state index >= 15 is 0 Å². The number of carbonyl (C=O) groups excluding carboxylic acids is 1. The maximum absolute atomic E-state index is 11.8. The number of nitrogens with zero attached hydrogens (tertiary/aromatic N) is 2. The SMILES string of the molecule is CSC1=NC(=Cc2ccc(-c3ccc([N+](=O)[O-])cc3)o2)C(=O)S1. The Hall–Kier alpha value is -2.32. The maximum Gasteiger partial charge on any atom is 0.269 e. The third-order valence-corrected chi connectivity index (χ3v) is 4.89. The minimum absolute atomic E-state index is 0.0233. The van der Waals surface area contributed by atoms with Gasteiger partial charge in [-0.3, -0.25) is 14.9 Å². The molecule has 0 saturated heterocycles. The molecular formula is C15H10N2O4S2. The highest BCUT2D eigenvalue weighted by atomic mass is 32.2. The number of rotatable bonds is 3. The molecule has 2 aromatic rings. The molecule has 6 nitrogen and oxygen atoms in total. The van der Waals surface area contributed by atoms with Crippen molar-refractivity contribution in [2.75, 3.05) is 6.26 Å². The van der Waals surface area contributed by atoms with E-state index in [4.69, 9.17) is 4.42 Å². The fourth-order valence-electron chi connectivity index (χ4n) is 1.94. The lowest BCUT2D eigenvalue weighted by molar-refractivity contribution is -0.384. The molecule has 1 aliphatic heterocycles. The van der Waals surface area contributed by atoms with E-state index in [1.54, 1.807) is 30.3 Å². The topological polar surface area (TPSA) is 85.7 Å². The molecular weight excluding hydrogens is 336 g/mol. The molecule has 0 unspecified atom stereocenters. The van der Waals surface area contributed by atoms with E-state index in [0.717, 1.165) is 17.3 Å². The van der Waals surface area contributed by atoms with Gasteiger partial charge in [-0.15, -0.1) is 11.8 Å². The highest BCUT2D eigenvalue weighted by molar-refractivity contribution is 8.45. The molecule has 0 fully saturated rings. The van der Waals surface area contributed by atoms with E-state index in [9.17, 15) is 14.9 Å². The molecule has 0 saturated carbocycles. The minimum Gasteiger partial charge on any atom is -0.457 e. The van der Waals surface area contributed by atoms with Gasteiger partial charge in [0.25, 0.3) is 5.69 Å². The summed E-state index contributed by atoms with van der Waals surface area (Å²) >= 11 is 2.52. The first kappa shape index (κ1) is 15.6. The second-order valence-corrected chi connectivity index (χ2v) is 6.52. The van der Waals surface area contributed by atoms with Crippen molar-refractivity contribution in [1.29, 1.82) is 0 Å². The zero-order chi connectivity index (χ0) is 16.4. The molecule has 1 aliphatic rings. The first-order valence-corrected chi connectivity index (χ1v) is 8.52. The van der Waals surface area contributed by atoms with Crippen LogP contribution < -0.4 is 0 Å². The maximum atomic E-state index is 11.8. The fourth-order valence-corrected chi connectivity index (χ4v) is 3.21. The Balaban J connectivity index is 1.85. The summed E-state index contributed by atoms with van der Waals surface area (Å²) in [6.07, 6.45) is 3.45. The van der Waals surface area contributed by atoms with Crippen LogP contribution >= 0.6 is 23.5 Å². The van der Waals surface area contributed by atoms with Crippen LogP contribution in [-0.2, 0) is 4.79 Å². The van der Waals surface area contributed by atoms with E-state index in [0.29, 0.717) is 21.6 Å². The van der Waals surface area contributed by atoms with Crippen LogP contribution in [0.15, 0.2) is 51.5 Å². The number of non-ortho nitro benzene ring substituents is 1. The van der Waals surface area contributed by atoms with Crippen molar-refractivity contribution in [2.45, 2.75) is 0 Å². The van der Waals surface area contributed by atoms with E-state index < -0.39 is 4.92 Å². The lowest BCUT2D eigenvalue weighted by Gasteiger charge is -1.96. The molecule has 116 valence electrons. The van der Waals surface area contributed by atoms with Crippen LogP contribution in [0.4, 0.5) is 5.69 Å². The van der Waals surface area contributed by atoms with Crippen LogP contribution in [-0.4, -0.2) is 20.7 Å². The molecule has 2 heterocycles. The summed E-state index contributed by atoms with van der Waals surface area (Å²) in [6, 6.07) is 9.56. The number of nitro groups is 1. The third kappa shape index (κ3) is 3.38. The third-order valence-electron chi connectivity index (χ3n) is 3.04. The van der Waals surface area contributed by atoms with Gasteiger partial charge in [0.15, 0.2) is 0 Å². The molecule has 0 atom stereocenters. The fraction of sp³-hybridized carbons (Fsp3) is 0.0667. The molecule has 23 heavy (non-hydrogen) atoms. The Morgan fingerprint density at radius 2 is 2.00 bits per heavy atom. The smallest absolute Gasteiger partial charge is 0.269 e. The van der Waals surface area contributed by atoms with Gasteiger partial charge in [-0.05, 0) is 42.3 Å². The number of nitro benzene ring substituents is 1. The van der Waals surface area contributed by atoms with Crippen molar-refractivity contribution in [3.05, 3.63) is 58.0 Å². The van der Waals surface area contributed by atoms with Gasteiger partial charge in [0.2, 0.25) is 5.12 Å². The summed E-state index contributed by atoms with van der Waals surface area (Å²) < 4.78 is 6.38. The lowest BCUT2D eigenvalue weighted by atomic mass is 10.1. The highest BCUT2D eigenvalue weighted by Gasteiger charge is 2.21. The molecule has 0 N–H and O–H groups in total. The molecule has 1 aromatic carbocycles. The van der Waals surface area contributed by atoms with Gasteiger partial charge in [0, 0.05) is 23.8 Å². The number of thioether (sulfide) groups is 2. The van der Waals surface area contributed by atoms with E-state index in [2.05, 4.69) is 4.99 Å². The molecule has 3 rings (SSSR count). The molecule has 1 aromatic heterocycles. The highest BCUT2D eigenvalue weighted by Crippen LogP contribution is 2.31. The summed E-state index contributed by atoms with van der Waals surface area (Å²) in [7, 11) is 0. The van der Waals surface area contributed by atoms with Crippen LogP contribution in [0.5, 0.6) is 0 Å². The Morgan fingerprint density at radius 1 is 1.26 bits per heavy atom. The summed E-state index contributed by atoms with van der Waals surface area (Å²) in [5.41, 5.74) is 1.10. The number of carbonyl (C=O) groups is 1. The number of hydrogen-bond acceptors (Lipinski definition) is 7. The van der Waals surface area contributed by atoms with Crippen LogP contribution in [0.3, 0.4) is 0 Å². The molecule has 0 aliphatic carbocycles. The van der Waals surface area contributed by atoms with Crippen molar-refractivity contribution >= 4 is 44.8 Å². The Kier molecular flexibility index (Phi) is 4.35. The average molecular weight is 346 g/mol. The van der Waals surface area contributed by atoms with Gasteiger partial charge >= 0.3 is 0 Å². The predicted molar refractivity (Wildman–Crippen MR) is 92.3 cm³/mol. The molecule has 0 spiro atoms. The zero-order valence-corrected chi connectivity index (χ0v) is 13.5. The summed E-state index contributed by atoms with van der Waals surface area (Å²) in [5, 5.41) is 10.5. The van der Waals surface area contributed by atoms with Crippen molar-refractivity contribution in [3.63, 3.8) is 0 Å². The average Bonchev–Trinajstić information content (AvgIpc) is 3.15. The van der Waals surface area contributed by atoms with E-state index in [-0.39, 0.29) is 10.8 Å². The standard InChI is InChI=1S/C15H10N2O4S2/c1-22-15-16-12(14(18)23-15)8-11-6-7-13(21-11)9-2-4-10(5-3-9)17(19)20/h2-8H,1H3.